The quantitative estimate of drug-likeness (QED) is 0.0465. The summed E-state index contributed by atoms with van der Waals surface area (Å²) in [5.74, 6) is -9.09. The maximum absolute atomic E-state index is 14.3. The number of nitrogens with zero attached hydrogens (tertiary/aromatic N) is 3. The molecule has 22 nitrogen and oxygen atoms in total. The lowest BCUT2D eigenvalue weighted by molar-refractivity contribution is -0.285. The van der Waals surface area contributed by atoms with E-state index in [4.69, 9.17) is 37.9 Å². The number of aromatic hydroxyl groups is 1. The van der Waals surface area contributed by atoms with E-state index in [0.717, 1.165) is 12.8 Å². The largest absolute Gasteiger partial charge is 0.508 e. The van der Waals surface area contributed by atoms with E-state index in [2.05, 4.69) is 15.6 Å². The highest BCUT2D eigenvalue weighted by Gasteiger charge is 2.93. The minimum Gasteiger partial charge on any atom is -0.508 e. The number of hydrogen-bond donors (Lipinski definition) is 6. The maximum Gasteiger partial charge on any atom is 0.341 e. The number of epoxide rings is 2. The Kier molecular flexibility index (Phi) is 12.3. The second-order valence-electron chi connectivity index (χ2n) is 26.2. The molecule has 3 saturated heterocycles. The Hall–Kier alpha value is -6.69. The number of amides is 1. The number of aliphatic hydroxyl groups excluding tert-OH is 3. The summed E-state index contributed by atoms with van der Waals surface area (Å²) in [6.45, 7) is 11.8. The first kappa shape index (κ1) is 55.2. The molecule has 3 unspecified atom stereocenters. The molecule has 0 bridgehead atoms. The van der Waals surface area contributed by atoms with Crippen LogP contribution in [-0.4, -0.2) is 137 Å². The molecule has 5 aliphatic heterocycles. The highest BCUT2D eigenvalue weighted by atomic mass is 16.8. The Morgan fingerprint density at radius 1 is 0.821 bits per heavy atom. The van der Waals surface area contributed by atoms with E-state index in [-0.39, 0.29) is 30.8 Å². The van der Waals surface area contributed by atoms with Gasteiger partial charge in [-0.25, -0.2) is 9.59 Å². The number of phenols is 1. The molecule has 22 atom stereocenters. The van der Waals surface area contributed by atoms with Gasteiger partial charge in [0.25, 0.3) is 0 Å². The summed E-state index contributed by atoms with van der Waals surface area (Å²) >= 11 is 0. The Morgan fingerprint density at radius 2 is 1.55 bits per heavy atom. The summed E-state index contributed by atoms with van der Waals surface area (Å²) < 4.78 is 51.3. The van der Waals surface area contributed by atoms with Gasteiger partial charge in [-0.3, -0.25) is 19.1 Å². The van der Waals surface area contributed by atoms with E-state index < -0.39 is 147 Å². The first-order valence-corrected chi connectivity index (χ1v) is 29.4. The molecule has 6 heterocycles. The molecule has 6 N–H and O–H groups in total. The summed E-state index contributed by atoms with van der Waals surface area (Å²) in [5, 5.41) is 73.4. The van der Waals surface area contributed by atoms with Gasteiger partial charge in [-0.2, -0.15) is 0 Å². The molecule has 5 aliphatic carbocycles. The van der Waals surface area contributed by atoms with Crippen molar-refractivity contribution in [2.45, 2.75) is 172 Å². The maximum atomic E-state index is 14.3. The fourth-order valence-corrected chi connectivity index (χ4v) is 18.6. The van der Waals surface area contributed by atoms with Gasteiger partial charge in [-0.05, 0) is 87.1 Å². The van der Waals surface area contributed by atoms with Gasteiger partial charge < -0.3 is 68.7 Å². The van der Waals surface area contributed by atoms with Crippen LogP contribution in [-0.2, 0) is 66.4 Å². The number of phenolic OH excluding ortho intramolecular Hbond substituents is 1. The van der Waals surface area contributed by atoms with Crippen LogP contribution in [0.25, 0.3) is 0 Å². The van der Waals surface area contributed by atoms with Crippen LogP contribution in [0.3, 0.4) is 0 Å². The van der Waals surface area contributed by atoms with Crippen molar-refractivity contribution in [3.63, 3.8) is 0 Å². The molecule has 1 aromatic heterocycles. The summed E-state index contributed by atoms with van der Waals surface area (Å²) in [6.07, 6.45) is -3.17. The van der Waals surface area contributed by atoms with E-state index in [0.29, 0.717) is 71.0 Å². The van der Waals surface area contributed by atoms with Gasteiger partial charge >= 0.3 is 23.9 Å². The predicted octanol–water partition coefficient (Wildman–Crippen LogP) is 4.49. The topological polar surface area (TPSA) is 310 Å². The number of nitrogens with one attached hydrogen (secondary N) is 1. The van der Waals surface area contributed by atoms with Crippen LogP contribution < -0.4 is 14.8 Å². The molecule has 3 aromatic carbocycles. The van der Waals surface area contributed by atoms with Crippen molar-refractivity contribution in [2.75, 3.05) is 0 Å². The van der Waals surface area contributed by atoms with Crippen molar-refractivity contribution in [3.05, 3.63) is 94.8 Å². The molecular weight excluding hydrogens is 1090 g/mol. The molecule has 8 fully saturated rings. The minimum atomic E-state index is -2.14. The second kappa shape index (κ2) is 18.7. The summed E-state index contributed by atoms with van der Waals surface area (Å²) in [5.41, 5.74) is -4.67. The van der Waals surface area contributed by atoms with Gasteiger partial charge in [0.1, 0.15) is 59.7 Å². The van der Waals surface area contributed by atoms with E-state index in [1.165, 1.54) is 32.9 Å². The van der Waals surface area contributed by atoms with Crippen molar-refractivity contribution in [3.8, 4) is 23.0 Å². The van der Waals surface area contributed by atoms with E-state index in [1.807, 2.05) is 39.0 Å². The number of aliphatic hydroxyl groups is 4. The fourth-order valence-electron chi connectivity index (χ4n) is 18.6. The summed E-state index contributed by atoms with van der Waals surface area (Å²) in [7, 11) is 0. The van der Waals surface area contributed by atoms with Crippen LogP contribution in [0.2, 0.25) is 0 Å². The lowest BCUT2D eigenvalue weighted by Gasteiger charge is -2.67. The number of esters is 4. The Morgan fingerprint density at radius 3 is 2.31 bits per heavy atom. The number of aromatic nitrogens is 3. The van der Waals surface area contributed by atoms with Crippen molar-refractivity contribution in [1.82, 2.24) is 20.3 Å². The number of benzene rings is 3. The average molecular weight is 1160 g/mol. The standard InChI is InChI=1S/C62H70N4O18/c1-27-43-46(59(6)60(7,76)56(75)84-62(59)53(27)82-62)49(72)44-42-45(51(78-28(2)67)54(58(43,44)5)79-29(3)68)57(4)37(24-40-50(81-40)52(57)73)47(48(42)71)63-41(70)16-10-8-9-13-21-66-25-30(64-65-66)26-77-32-18-20-36-39(23-32)80-38-22-31(69)17-19-35(38)61(36)34-15-12-11-14-33(34)55(74)83-61/h11-12,14-15,17-20,22-23,25,27,37,40,42-54,69,71-73,76H,8-10,13,16,21,24,26H2,1-7H3,(H,63,70)/t27-,37+,40-,42?,43-,44+,45?,46-,47-,48+,49+,50-,51-,52-,53+,54-,57-,58+,59-,60+,61?,62-/m0/s1. The van der Waals surface area contributed by atoms with Gasteiger partial charge in [0.15, 0.2) is 11.2 Å². The van der Waals surface area contributed by atoms with Crippen LogP contribution >= 0.6 is 0 Å². The Balaban J connectivity index is 0.651. The number of carbonyl (C=O) groups excluding carboxylic acids is 5. The third kappa shape index (κ3) is 7.32. The first-order valence-electron chi connectivity index (χ1n) is 29.4. The first-order chi connectivity index (χ1) is 39.9. The number of rotatable bonds is 13. The van der Waals surface area contributed by atoms with Gasteiger partial charge in [0.05, 0.1) is 47.6 Å². The smallest absolute Gasteiger partial charge is 0.341 e. The molecular formula is C62H70N4O18. The van der Waals surface area contributed by atoms with Gasteiger partial charge in [-0.1, -0.05) is 57.0 Å². The lowest BCUT2D eigenvalue weighted by Crippen LogP contribution is -2.76. The monoisotopic (exact) mass is 1160 g/mol. The highest BCUT2D eigenvalue weighted by molar-refractivity contribution is 5.97. The number of hydrogen-bond acceptors (Lipinski definition) is 20. The number of unbranched alkanes of at least 4 members (excludes halogenated alkanes) is 3. The van der Waals surface area contributed by atoms with E-state index in [1.54, 1.807) is 48.1 Å². The number of aryl methyl sites for hydroxylation is 1. The molecule has 1 amide bonds. The molecule has 14 rings (SSSR count). The van der Waals surface area contributed by atoms with Gasteiger partial charge in [0, 0.05) is 84.2 Å². The number of ether oxygens (including phenoxy) is 8. The minimum absolute atomic E-state index is 0.00716. The van der Waals surface area contributed by atoms with Crippen LogP contribution in [0, 0.1) is 57.7 Å². The summed E-state index contributed by atoms with van der Waals surface area (Å²) in [4.78, 5) is 67.9. The molecule has 0 radical (unpaired) electrons. The molecule has 2 spiro atoms. The molecule has 5 saturated carbocycles. The summed E-state index contributed by atoms with van der Waals surface area (Å²) in [6, 6.07) is 16.2. The van der Waals surface area contributed by atoms with Crippen molar-refractivity contribution >= 4 is 29.8 Å². The van der Waals surface area contributed by atoms with Crippen LogP contribution in [0.5, 0.6) is 23.0 Å². The lowest BCUT2D eigenvalue weighted by atomic mass is 9.40. The third-order valence-electron chi connectivity index (χ3n) is 22.2. The van der Waals surface area contributed by atoms with E-state index >= 15 is 0 Å². The normalized spacial score (nSPS) is 42.5. The third-order valence-corrected chi connectivity index (χ3v) is 22.2. The molecule has 22 heteroatoms. The SMILES string of the molecule is CC(=O)O[C@H]1C2C([C@@H](O)[C@@H](NC(=O)CCCCCCn3cc(COc4ccc5c(c4)Oc4cc(O)ccc4C54OC(=O)c5ccccc54)nn3)[C@H]3C[C@@H]4O[C@@H]4[C@H](O)[C@]23C)[C@@H]2[C@@H](O)[C@@H]3[C@H]([C@H](C)[C@H]4O[C@]45OC(=O)[C@@](C)(O)[C@]35C)[C@@]2(C)[C@H]1OC(C)=O. The fraction of sp³-hybridized carbons (Fsp3) is 0.597. The van der Waals surface area contributed by atoms with Crippen LogP contribution in [0.4, 0.5) is 0 Å². The van der Waals surface area contributed by atoms with Crippen molar-refractivity contribution < 1.29 is 87.4 Å². The van der Waals surface area contributed by atoms with E-state index in [9.17, 15) is 49.5 Å². The zero-order valence-electron chi connectivity index (χ0n) is 47.6. The number of fused-ring (bicyclic) bond motifs is 15. The van der Waals surface area contributed by atoms with Gasteiger partial charge in [-0.15, -0.1) is 5.10 Å². The highest BCUT2D eigenvalue weighted by Crippen LogP contribution is 2.81. The Bertz CT molecular complexity index is 3440. The second-order valence-corrected chi connectivity index (χ2v) is 26.2. The molecule has 84 heavy (non-hydrogen) atoms. The van der Waals surface area contributed by atoms with Crippen LogP contribution in [0.1, 0.15) is 120 Å². The van der Waals surface area contributed by atoms with Crippen molar-refractivity contribution in [2.24, 2.45) is 57.7 Å². The van der Waals surface area contributed by atoms with Crippen LogP contribution in [0.15, 0.2) is 66.9 Å². The zero-order valence-corrected chi connectivity index (χ0v) is 47.6. The predicted molar refractivity (Wildman–Crippen MR) is 287 cm³/mol. The Labute approximate surface area is 483 Å². The average Bonchev–Trinajstić information content (AvgIpc) is 1.48. The molecule has 446 valence electrons. The van der Waals surface area contributed by atoms with Gasteiger partial charge in [0.2, 0.25) is 11.7 Å². The molecule has 10 aliphatic rings. The zero-order chi connectivity index (χ0) is 59.1. The number of carbonyl (C=O) groups is 5. The molecule has 4 aromatic rings. The van der Waals surface area contributed by atoms with Crippen molar-refractivity contribution in [1.29, 1.82) is 0 Å².